The van der Waals surface area contributed by atoms with E-state index in [0.717, 1.165) is 12.8 Å². The van der Waals surface area contributed by atoms with Gasteiger partial charge in [0.25, 0.3) is 0 Å². The van der Waals surface area contributed by atoms with Gasteiger partial charge < -0.3 is 14.9 Å². The van der Waals surface area contributed by atoms with Crippen molar-refractivity contribution < 1.29 is 14.7 Å². The molecule has 104 valence electrons. The molecule has 0 aromatic heterocycles. The normalized spacial score (nSPS) is 19.7. The van der Waals surface area contributed by atoms with Crippen molar-refractivity contribution in [2.45, 2.75) is 39.2 Å². The van der Waals surface area contributed by atoms with Gasteiger partial charge in [0.05, 0.1) is 12.5 Å². The van der Waals surface area contributed by atoms with E-state index >= 15 is 0 Å². The summed E-state index contributed by atoms with van der Waals surface area (Å²) >= 11 is 0. The summed E-state index contributed by atoms with van der Waals surface area (Å²) < 4.78 is 0. The molecular weight excluding hydrogens is 232 g/mol. The molecule has 1 rings (SSSR count). The number of aliphatic hydroxyl groups is 1. The minimum absolute atomic E-state index is 0.00968. The van der Waals surface area contributed by atoms with Crippen molar-refractivity contribution in [2.24, 2.45) is 5.92 Å². The third-order valence-electron chi connectivity index (χ3n) is 3.70. The van der Waals surface area contributed by atoms with Crippen LogP contribution in [0.5, 0.6) is 0 Å². The van der Waals surface area contributed by atoms with Gasteiger partial charge in [0, 0.05) is 32.6 Å². The first-order valence-electron chi connectivity index (χ1n) is 6.70. The van der Waals surface area contributed by atoms with Gasteiger partial charge in [-0.2, -0.15) is 0 Å². The summed E-state index contributed by atoms with van der Waals surface area (Å²) in [6.07, 6.45) is 2.05. The number of nitrogens with zero attached hydrogens (tertiary/aromatic N) is 2. The fraction of sp³-hybridized carbons (Fsp3) is 0.846. The molecule has 5 heteroatoms. The van der Waals surface area contributed by atoms with Crippen molar-refractivity contribution in [3.05, 3.63) is 0 Å². The maximum Gasteiger partial charge on any atom is 0.228 e. The van der Waals surface area contributed by atoms with Crippen molar-refractivity contribution in [1.82, 2.24) is 9.80 Å². The van der Waals surface area contributed by atoms with E-state index in [4.69, 9.17) is 5.11 Å². The minimum Gasteiger partial charge on any atom is -0.395 e. The zero-order valence-electron chi connectivity index (χ0n) is 11.6. The summed E-state index contributed by atoms with van der Waals surface area (Å²) in [4.78, 5) is 27.3. The fourth-order valence-corrected chi connectivity index (χ4v) is 2.57. The number of likely N-dealkylation sites (tertiary alicyclic amines) is 1. The number of rotatable bonds is 6. The highest BCUT2D eigenvalue weighted by molar-refractivity contribution is 5.89. The molecule has 0 aromatic rings. The number of aliphatic hydroxyl groups excluding tert-OH is 1. The summed E-state index contributed by atoms with van der Waals surface area (Å²) in [5, 5.41) is 9.10. The number of hydrogen-bond donors (Lipinski definition) is 1. The second-order valence-electron chi connectivity index (χ2n) is 4.90. The van der Waals surface area contributed by atoms with Gasteiger partial charge in [-0.25, -0.2) is 0 Å². The second-order valence-corrected chi connectivity index (χ2v) is 4.90. The Labute approximate surface area is 109 Å². The molecule has 1 heterocycles. The van der Waals surface area contributed by atoms with Crippen LogP contribution in [0.1, 0.15) is 33.1 Å². The van der Waals surface area contributed by atoms with E-state index in [2.05, 4.69) is 0 Å². The lowest BCUT2D eigenvalue weighted by molar-refractivity contribution is -0.138. The van der Waals surface area contributed by atoms with Gasteiger partial charge in [-0.15, -0.1) is 0 Å². The Morgan fingerprint density at radius 3 is 2.50 bits per heavy atom. The second kappa shape index (κ2) is 6.73. The van der Waals surface area contributed by atoms with Crippen LogP contribution in [0.3, 0.4) is 0 Å². The monoisotopic (exact) mass is 256 g/mol. The Bertz CT molecular complexity index is 303. The van der Waals surface area contributed by atoms with Crippen molar-refractivity contribution in [1.29, 1.82) is 0 Å². The van der Waals surface area contributed by atoms with Crippen LogP contribution < -0.4 is 0 Å². The standard InChI is InChI=1S/C13H24N2O3/c1-4-11(5-2)15(6-7-16)13(18)10-8-12(17)14(3)9-10/h10-11,16H,4-9H2,1-3H3. The van der Waals surface area contributed by atoms with Gasteiger partial charge in [-0.05, 0) is 12.8 Å². The molecule has 1 fully saturated rings. The summed E-state index contributed by atoms with van der Waals surface area (Å²) in [6, 6.07) is 0.158. The Kier molecular flexibility index (Phi) is 5.59. The molecule has 18 heavy (non-hydrogen) atoms. The predicted molar refractivity (Wildman–Crippen MR) is 68.9 cm³/mol. The molecule has 1 saturated heterocycles. The predicted octanol–water partition coefficient (Wildman–Crippen LogP) is 0.474. The van der Waals surface area contributed by atoms with Crippen molar-refractivity contribution >= 4 is 11.8 Å². The molecule has 1 atom stereocenters. The summed E-state index contributed by atoms with van der Waals surface area (Å²) in [5.74, 6) is -0.202. The smallest absolute Gasteiger partial charge is 0.228 e. The van der Waals surface area contributed by atoms with E-state index in [1.807, 2.05) is 13.8 Å². The number of carbonyl (C=O) groups is 2. The maximum absolute atomic E-state index is 12.4. The van der Waals surface area contributed by atoms with E-state index in [0.29, 0.717) is 19.5 Å². The third kappa shape index (κ3) is 3.22. The van der Waals surface area contributed by atoms with Crippen LogP contribution >= 0.6 is 0 Å². The van der Waals surface area contributed by atoms with E-state index in [9.17, 15) is 9.59 Å². The van der Waals surface area contributed by atoms with Crippen LogP contribution in [-0.4, -0.2) is 59.5 Å². The van der Waals surface area contributed by atoms with Crippen LogP contribution in [0.4, 0.5) is 0 Å². The molecular formula is C13H24N2O3. The first-order valence-corrected chi connectivity index (χ1v) is 6.70. The highest BCUT2D eigenvalue weighted by Crippen LogP contribution is 2.21. The fourth-order valence-electron chi connectivity index (χ4n) is 2.57. The average molecular weight is 256 g/mol. The van der Waals surface area contributed by atoms with Gasteiger partial charge in [-0.3, -0.25) is 9.59 Å². The third-order valence-corrected chi connectivity index (χ3v) is 3.70. The quantitative estimate of drug-likeness (QED) is 0.751. The highest BCUT2D eigenvalue weighted by atomic mass is 16.3. The van der Waals surface area contributed by atoms with Crippen molar-refractivity contribution in [3.63, 3.8) is 0 Å². The first-order chi connectivity index (χ1) is 8.54. The Morgan fingerprint density at radius 2 is 2.11 bits per heavy atom. The van der Waals surface area contributed by atoms with Gasteiger partial charge in [0.1, 0.15) is 0 Å². The molecule has 5 nitrogen and oxygen atoms in total. The average Bonchev–Trinajstić information content (AvgIpc) is 2.69. The number of carbonyl (C=O) groups excluding carboxylic acids is 2. The first kappa shape index (κ1) is 15.0. The molecule has 1 aliphatic rings. The number of hydrogen-bond acceptors (Lipinski definition) is 3. The molecule has 0 aliphatic carbocycles. The number of amides is 2. The Hall–Kier alpha value is -1.10. The van der Waals surface area contributed by atoms with Crippen LogP contribution in [0.2, 0.25) is 0 Å². The van der Waals surface area contributed by atoms with Gasteiger partial charge in [-0.1, -0.05) is 13.8 Å². The van der Waals surface area contributed by atoms with Crippen LogP contribution in [0.25, 0.3) is 0 Å². The Balaban J connectivity index is 2.73. The molecule has 1 aliphatic heterocycles. The lowest BCUT2D eigenvalue weighted by Crippen LogP contribution is -2.45. The zero-order valence-corrected chi connectivity index (χ0v) is 11.6. The lowest BCUT2D eigenvalue weighted by atomic mass is 10.0. The molecule has 0 aromatic carbocycles. The maximum atomic E-state index is 12.4. The minimum atomic E-state index is -0.241. The summed E-state index contributed by atoms with van der Waals surface area (Å²) in [5.41, 5.74) is 0. The van der Waals surface area contributed by atoms with E-state index in [1.54, 1.807) is 16.8 Å². The molecule has 0 spiro atoms. The topological polar surface area (TPSA) is 60.9 Å². The van der Waals surface area contributed by atoms with Gasteiger partial charge >= 0.3 is 0 Å². The summed E-state index contributed by atoms with van der Waals surface area (Å²) in [6.45, 7) is 4.91. The van der Waals surface area contributed by atoms with E-state index < -0.39 is 0 Å². The molecule has 0 bridgehead atoms. The van der Waals surface area contributed by atoms with Gasteiger partial charge in [0.2, 0.25) is 11.8 Å². The van der Waals surface area contributed by atoms with Crippen LogP contribution in [0.15, 0.2) is 0 Å². The zero-order chi connectivity index (χ0) is 13.7. The molecule has 0 saturated carbocycles. The lowest BCUT2D eigenvalue weighted by Gasteiger charge is -2.32. The van der Waals surface area contributed by atoms with Crippen molar-refractivity contribution in [2.75, 3.05) is 26.7 Å². The Morgan fingerprint density at radius 1 is 1.50 bits per heavy atom. The van der Waals surface area contributed by atoms with E-state index in [-0.39, 0.29) is 30.4 Å². The molecule has 2 amide bonds. The highest BCUT2D eigenvalue weighted by Gasteiger charge is 2.36. The van der Waals surface area contributed by atoms with E-state index in [1.165, 1.54) is 0 Å². The molecule has 1 unspecified atom stereocenters. The largest absolute Gasteiger partial charge is 0.395 e. The van der Waals surface area contributed by atoms with Crippen LogP contribution in [-0.2, 0) is 9.59 Å². The SMILES string of the molecule is CCC(CC)N(CCO)C(=O)C1CC(=O)N(C)C1. The van der Waals surface area contributed by atoms with Gasteiger partial charge in [0.15, 0.2) is 0 Å². The molecule has 1 N–H and O–H groups in total. The molecule has 0 radical (unpaired) electrons. The van der Waals surface area contributed by atoms with Crippen LogP contribution in [0, 0.1) is 5.92 Å². The summed E-state index contributed by atoms with van der Waals surface area (Å²) in [7, 11) is 1.73. The van der Waals surface area contributed by atoms with Crippen molar-refractivity contribution in [3.8, 4) is 0 Å².